The molecule has 0 bridgehead atoms. The summed E-state index contributed by atoms with van der Waals surface area (Å²) in [6.45, 7) is 9.92. The van der Waals surface area contributed by atoms with Gasteiger partial charge in [-0.25, -0.2) is 24.0 Å². The highest BCUT2D eigenvalue weighted by atomic mass is 19.4. The van der Waals surface area contributed by atoms with Crippen LogP contribution in [0.4, 0.5) is 34.4 Å². The quantitative estimate of drug-likeness (QED) is 0.377. The molecule has 0 radical (unpaired) electrons. The molecule has 0 aliphatic heterocycles. The zero-order chi connectivity index (χ0) is 28.6. The molecule has 1 aromatic carbocycles. The first kappa shape index (κ1) is 28.2. The lowest BCUT2D eigenvalue weighted by Gasteiger charge is -2.21. The normalized spacial score (nSPS) is 12.2. The van der Waals surface area contributed by atoms with Crippen LogP contribution in [0.2, 0.25) is 0 Å². The van der Waals surface area contributed by atoms with Crippen molar-refractivity contribution in [2.24, 2.45) is 0 Å². The van der Waals surface area contributed by atoms with E-state index in [-0.39, 0.29) is 22.7 Å². The Kier molecular flexibility index (Phi) is 7.30. The smallest absolute Gasteiger partial charge is 0.435 e. The second kappa shape index (κ2) is 9.84. The number of rotatable bonds is 4. The largest absolute Gasteiger partial charge is 0.477 e. The second-order valence-corrected chi connectivity index (χ2v) is 10.1. The molecule has 0 unspecified atom stereocenters. The maximum absolute atomic E-state index is 13.2. The van der Waals surface area contributed by atoms with Crippen molar-refractivity contribution in [2.45, 2.75) is 58.9 Å². The molecule has 0 fully saturated rings. The average molecular weight is 537 g/mol. The number of fused-ring (bicyclic) bond motifs is 1. The van der Waals surface area contributed by atoms with Crippen molar-refractivity contribution < 1.29 is 42.1 Å². The third kappa shape index (κ3) is 7.11. The Morgan fingerprint density at radius 3 is 2.00 bits per heavy atom. The monoisotopic (exact) mass is 537 g/mol. The van der Waals surface area contributed by atoms with E-state index in [1.807, 2.05) is 0 Å². The summed E-state index contributed by atoms with van der Waals surface area (Å²) in [6, 6.07) is 5.92. The molecule has 0 aliphatic carbocycles. The summed E-state index contributed by atoms with van der Waals surface area (Å²) in [5.74, 6) is -1.75. The van der Waals surface area contributed by atoms with Gasteiger partial charge in [0.1, 0.15) is 22.8 Å². The van der Waals surface area contributed by atoms with Gasteiger partial charge in [0.2, 0.25) is 0 Å². The van der Waals surface area contributed by atoms with Gasteiger partial charge in [0.25, 0.3) is 0 Å². The van der Waals surface area contributed by atoms with E-state index in [1.54, 1.807) is 41.5 Å². The number of carboxylic acids is 1. The number of ether oxygens (including phenoxy) is 2. The minimum Gasteiger partial charge on any atom is -0.477 e. The number of nitrogens with zero attached hydrogens (tertiary/aromatic N) is 3. The maximum atomic E-state index is 13.2. The number of carbonyl (C=O) groups is 3. The number of halogens is 3. The number of anilines is 2. The molecule has 3 aromatic rings. The van der Waals surface area contributed by atoms with Crippen LogP contribution in [-0.2, 0) is 15.7 Å². The maximum Gasteiger partial charge on any atom is 0.435 e. The lowest BCUT2D eigenvalue weighted by Crippen LogP contribution is -2.28. The highest BCUT2D eigenvalue weighted by molar-refractivity contribution is 6.01. The van der Waals surface area contributed by atoms with Crippen LogP contribution < -0.4 is 10.6 Å². The number of hydrogen-bond donors (Lipinski definition) is 3. The number of pyridine rings is 1. The minimum atomic E-state index is -4.88. The van der Waals surface area contributed by atoms with Crippen molar-refractivity contribution in [3.8, 4) is 5.69 Å². The summed E-state index contributed by atoms with van der Waals surface area (Å²) >= 11 is 0. The van der Waals surface area contributed by atoms with E-state index in [2.05, 4.69) is 20.7 Å². The topological polar surface area (TPSA) is 145 Å². The van der Waals surface area contributed by atoms with Crippen molar-refractivity contribution in [2.75, 3.05) is 10.6 Å². The summed E-state index contributed by atoms with van der Waals surface area (Å²) in [5.41, 5.74) is -3.83. The molecule has 11 nitrogen and oxygen atoms in total. The molecule has 2 aromatic heterocycles. The first-order chi connectivity index (χ1) is 17.3. The number of carbonyl (C=O) groups excluding carboxylic acids is 2. The molecular weight excluding hydrogens is 511 g/mol. The molecule has 204 valence electrons. The molecular formula is C24H26F3N5O6. The third-order valence-corrected chi connectivity index (χ3v) is 4.53. The molecule has 3 rings (SSSR count). The van der Waals surface area contributed by atoms with Crippen LogP contribution in [0.15, 0.2) is 30.3 Å². The van der Waals surface area contributed by atoms with Crippen molar-refractivity contribution in [1.82, 2.24) is 14.8 Å². The van der Waals surface area contributed by atoms with Crippen molar-refractivity contribution in [3.63, 3.8) is 0 Å². The molecule has 0 spiro atoms. The van der Waals surface area contributed by atoms with E-state index >= 15 is 0 Å². The number of aromatic carboxylic acids is 1. The van der Waals surface area contributed by atoms with Crippen LogP contribution in [-0.4, -0.2) is 49.2 Å². The van der Waals surface area contributed by atoms with Gasteiger partial charge in [-0.05, 0) is 65.1 Å². The lowest BCUT2D eigenvalue weighted by molar-refractivity contribution is -0.141. The van der Waals surface area contributed by atoms with Gasteiger partial charge < -0.3 is 14.6 Å². The summed E-state index contributed by atoms with van der Waals surface area (Å²) in [4.78, 5) is 40.6. The number of nitrogens with one attached hydrogen (secondary N) is 2. The highest BCUT2D eigenvalue weighted by Crippen LogP contribution is 2.32. The van der Waals surface area contributed by atoms with E-state index < -0.39 is 46.9 Å². The summed E-state index contributed by atoms with van der Waals surface area (Å²) in [7, 11) is 0. The van der Waals surface area contributed by atoms with Crippen LogP contribution in [0, 0.1) is 0 Å². The van der Waals surface area contributed by atoms with E-state index in [4.69, 9.17) is 9.47 Å². The van der Waals surface area contributed by atoms with Crippen molar-refractivity contribution in [3.05, 3.63) is 41.7 Å². The zero-order valence-electron chi connectivity index (χ0n) is 21.4. The first-order valence-corrected chi connectivity index (χ1v) is 11.2. The number of hydrogen-bond acceptors (Lipinski definition) is 7. The molecule has 0 atom stereocenters. The predicted octanol–water partition coefficient (Wildman–Crippen LogP) is 5.83. The number of amides is 2. The molecule has 2 amide bonds. The summed E-state index contributed by atoms with van der Waals surface area (Å²) in [5, 5.41) is 18.4. The molecule has 0 saturated carbocycles. The van der Waals surface area contributed by atoms with Crippen LogP contribution in [0.25, 0.3) is 16.5 Å². The second-order valence-electron chi connectivity index (χ2n) is 10.1. The fourth-order valence-corrected chi connectivity index (χ4v) is 3.20. The highest BCUT2D eigenvalue weighted by Gasteiger charge is 2.36. The standard InChI is InChI=1S/C24H26F3N5O6/c1-22(2,3)37-20(35)29-17-9-12-7-8-13(32-15(19(33)34)11-16(31-32)24(25,26)27)10-14(12)18(28-17)30-21(36)38-23(4,5)6/h7-11H,1-6H3,(H,33,34)(H2,28,29,30,35,36). The first-order valence-electron chi connectivity index (χ1n) is 11.2. The fourth-order valence-electron chi connectivity index (χ4n) is 3.20. The van der Waals surface area contributed by atoms with Gasteiger partial charge in [0.15, 0.2) is 11.4 Å². The van der Waals surface area contributed by atoms with Gasteiger partial charge in [0.05, 0.1) is 5.69 Å². The number of alkyl halides is 3. The SMILES string of the molecule is CC(C)(C)OC(=O)Nc1cc2ccc(-n3nc(C(F)(F)F)cc3C(=O)O)cc2c(NC(=O)OC(C)(C)C)n1. The fraction of sp³-hybridized carbons (Fsp3) is 0.375. The minimum absolute atomic E-state index is 0.00442. The van der Waals surface area contributed by atoms with Gasteiger partial charge in [0, 0.05) is 11.5 Å². The molecule has 2 heterocycles. The van der Waals surface area contributed by atoms with E-state index in [0.29, 0.717) is 16.1 Å². The van der Waals surface area contributed by atoms with Crippen LogP contribution in [0.5, 0.6) is 0 Å². The van der Waals surface area contributed by atoms with Crippen molar-refractivity contribution in [1.29, 1.82) is 0 Å². The average Bonchev–Trinajstić information content (AvgIpc) is 3.17. The number of carboxylic acid groups (broad SMARTS) is 1. The Labute approximate surface area is 214 Å². The van der Waals surface area contributed by atoms with E-state index in [9.17, 15) is 32.7 Å². The van der Waals surface area contributed by atoms with Gasteiger partial charge in [-0.1, -0.05) is 6.07 Å². The van der Waals surface area contributed by atoms with E-state index in [0.717, 1.165) is 0 Å². The molecule has 38 heavy (non-hydrogen) atoms. The zero-order valence-corrected chi connectivity index (χ0v) is 21.4. The Hall–Kier alpha value is -4.36. The molecule has 14 heteroatoms. The number of aromatic nitrogens is 3. The summed E-state index contributed by atoms with van der Waals surface area (Å²) < 4.78 is 50.8. The van der Waals surface area contributed by atoms with Gasteiger partial charge >= 0.3 is 24.3 Å². The molecule has 3 N–H and O–H groups in total. The Bertz CT molecular complexity index is 1400. The number of benzene rings is 1. The Morgan fingerprint density at radius 1 is 0.895 bits per heavy atom. The van der Waals surface area contributed by atoms with Crippen molar-refractivity contribution >= 4 is 40.6 Å². The van der Waals surface area contributed by atoms with Crippen LogP contribution in [0.3, 0.4) is 0 Å². The van der Waals surface area contributed by atoms with E-state index in [1.165, 1.54) is 24.3 Å². The van der Waals surface area contributed by atoms with Crippen LogP contribution in [0.1, 0.15) is 57.7 Å². The van der Waals surface area contributed by atoms with Crippen LogP contribution >= 0.6 is 0 Å². The lowest BCUT2D eigenvalue weighted by atomic mass is 10.1. The van der Waals surface area contributed by atoms with Gasteiger partial charge in [-0.15, -0.1) is 0 Å². The third-order valence-electron chi connectivity index (χ3n) is 4.53. The Morgan fingerprint density at radius 2 is 1.47 bits per heavy atom. The van der Waals surface area contributed by atoms with Gasteiger partial charge in [-0.2, -0.15) is 18.3 Å². The molecule has 0 saturated heterocycles. The summed E-state index contributed by atoms with van der Waals surface area (Å²) in [6.07, 6.45) is -6.58. The predicted molar refractivity (Wildman–Crippen MR) is 131 cm³/mol. The van der Waals surface area contributed by atoms with Gasteiger partial charge in [-0.3, -0.25) is 10.6 Å². The molecule has 0 aliphatic rings. The Balaban J connectivity index is 2.14.